The van der Waals surface area contributed by atoms with Gasteiger partial charge in [-0.15, -0.1) is 23.1 Å². The minimum Gasteiger partial charge on any atom is -0.332 e. The van der Waals surface area contributed by atoms with E-state index < -0.39 is 0 Å². The van der Waals surface area contributed by atoms with E-state index in [-0.39, 0.29) is 11.7 Å². The van der Waals surface area contributed by atoms with Crippen LogP contribution in [0.15, 0.2) is 83.8 Å². The van der Waals surface area contributed by atoms with E-state index in [1.54, 1.807) is 0 Å². The summed E-state index contributed by atoms with van der Waals surface area (Å²) in [7, 11) is 0. The Morgan fingerprint density at radius 2 is 1.80 bits per heavy atom. The Balaban J connectivity index is 1.15. The minimum atomic E-state index is -0.129. The second-order valence-electron chi connectivity index (χ2n) is 9.58. The maximum Gasteiger partial charge on any atom is 0.235 e. The lowest BCUT2D eigenvalue weighted by Crippen LogP contribution is -2.29. The summed E-state index contributed by atoms with van der Waals surface area (Å²) in [5.41, 5.74) is 5.91. The van der Waals surface area contributed by atoms with Gasteiger partial charge in [-0.3, -0.25) is 9.69 Å². The Kier molecular flexibility index (Phi) is 9.14. The third-order valence-electron chi connectivity index (χ3n) is 6.52. The van der Waals surface area contributed by atoms with E-state index in [0.717, 1.165) is 52.8 Å². The smallest absolute Gasteiger partial charge is 0.235 e. The molecular formula is C31H29N5OS3. The van der Waals surface area contributed by atoms with E-state index in [2.05, 4.69) is 51.2 Å². The predicted molar refractivity (Wildman–Crippen MR) is 170 cm³/mol. The normalized spacial score (nSPS) is 12.7. The molecule has 1 aromatic heterocycles. The maximum absolute atomic E-state index is 12.9. The first-order valence-corrected chi connectivity index (χ1v) is 15.2. The van der Waals surface area contributed by atoms with Crippen molar-refractivity contribution in [2.45, 2.75) is 31.3 Å². The number of thiophene rings is 1. The molecule has 0 aliphatic carbocycles. The van der Waals surface area contributed by atoms with Gasteiger partial charge in [0, 0.05) is 40.8 Å². The summed E-state index contributed by atoms with van der Waals surface area (Å²) in [6, 6.07) is 28.6. The summed E-state index contributed by atoms with van der Waals surface area (Å²) in [6.07, 6.45) is 0.812. The first-order chi connectivity index (χ1) is 19.5. The molecule has 9 heteroatoms. The average Bonchev–Trinajstić information content (AvgIpc) is 3.30. The number of amides is 1. The van der Waals surface area contributed by atoms with Crippen molar-refractivity contribution in [3.8, 4) is 6.07 Å². The van der Waals surface area contributed by atoms with Crippen molar-refractivity contribution in [2.24, 2.45) is 0 Å². The second kappa shape index (κ2) is 13.1. The van der Waals surface area contributed by atoms with Crippen molar-refractivity contribution in [3.05, 3.63) is 106 Å². The molecule has 3 N–H and O–H groups in total. The van der Waals surface area contributed by atoms with E-state index in [1.165, 1.54) is 34.2 Å². The number of rotatable bonds is 8. The van der Waals surface area contributed by atoms with Gasteiger partial charge in [0.15, 0.2) is 5.11 Å². The summed E-state index contributed by atoms with van der Waals surface area (Å²) < 4.78 is 0. The molecule has 4 aromatic rings. The number of carbonyl (C=O) groups excluding carboxylic acids is 1. The molecule has 0 saturated heterocycles. The van der Waals surface area contributed by atoms with Crippen LogP contribution in [0.2, 0.25) is 0 Å². The van der Waals surface area contributed by atoms with Crippen LogP contribution in [0.3, 0.4) is 0 Å². The van der Waals surface area contributed by atoms with Crippen molar-refractivity contribution in [3.63, 3.8) is 0 Å². The molecule has 40 heavy (non-hydrogen) atoms. The van der Waals surface area contributed by atoms with Gasteiger partial charge in [0.2, 0.25) is 5.91 Å². The second-order valence-corrected chi connectivity index (χ2v) is 12.1. The molecule has 0 unspecified atom stereocenters. The number of carbonyl (C=O) groups is 1. The molecule has 1 amide bonds. The SMILES string of the molecule is Cc1ccc(NC(=S)Nc2cccc(SCC(=O)Nc3sc4c(c3C#N)CCN(Cc3ccccc3)C4)c2)cc1. The van der Waals surface area contributed by atoms with Crippen LogP contribution in [-0.2, 0) is 24.3 Å². The van der Waals surface area contributed by atoms with Crippen LogP contribution in [0, 0.1) is 18.3 Å². The number of thioether (sulfide) groups is 1. The molecule has 0 atom stereocenters. The molecular weight excluding hydrogens is 555 g/mol. The first kappa shape index (κ1) is 27.9. The van der Waals surface area contributed by atoms with Crippen LogP contribution < -0.4 is 16.0 Å². The number of aryl methyl sites for hydroxylation is 1. The minimum absolute atomic E-state index is 0.129. The summed E-state index contributed by atoms with van der Waals surface area (Å²) in [5, 5.41) is 20.4. The van der Waals surface area contributed by atoms with E-state index in [4.69, 9.17) is 12.2 Å². The van der Waals surface area contributed by atoms with Crippen molar-refractivity contribution in [1.82, 2.24) is 4.90 Å². The Hall–Kier alpha value is -3.68. The third kappa shape index (κ3) is 7.29. The highest BCUT2D eigenvalue weighted by Crippen LogP contribution is 2.37. The van der Waals surface area contributed by atoms with Gasteiger partial charge in [-0.25, -0.2) is 0 Å². The van der Waals surface area contributed by atoms with Crippen LogP contribution in [-0.4, -0.2) is 28.2 Å². The number of hydrogen-bond donors (Lipinski definition) is 3. The zero-order valence-corrected chi connectivity index (χ0v) is 24.5. The van der Waals surface area contributed by atoms with Gasteiger partial charge in [0.05, 0.1) is 11.3 Å². The molecule has 0 spiro atoms. The number of nitrogens with zero attached hydrogens (tertiary/aromatic N) is 2. The largest absolute Gasteiger partial charge is 0.332 e. The fourth-order valence-electron chi connectivity index (χ4n) is 4.54. The third-order valence-corrected chi connectivity index (χ3v) is 8.85. The Morgan fingerprint density at radius 3 is 2.58 bits per heavy atom. The van der Waals surface area contributed by atoms with E-state index >= 15 is 0 Å². The number of hydrogen-bond acceptors (Lipinski definition) is 6. The molecule has 5 rings (SSSR count). The molecule has 1 aliphatic heterocycles. The number of benzene rings is 3. The molecule has 202 valence electrons. The highest BCUT2D eigenvalue weighted by Gasteiger charge is 2.25. The quantitative estimate of drug-likeness (QED) is 0.152. The zero-order chi connectivity index (χ0) is 27.9. The fourth-order valence-corrected chi connectivity index (χ4v) is 6.79. The van der Waals surface area contributed by atoms with Gasteiger partial charge in [0.25, 0.3) is 0 Å². The van der Waals surface area contributed by atoms with Crippen molar-refractivity contribution in [2.75, 3.05) is 28.2 Å². The molecule has 6 nitrogen and oxygen atoms in total. The van der Waals surface area contributed by atoms with Crippen LogP contribution in [0.5, 0.6) is 0 Å². The number of fused-ring (bicyclic) bond motifs is 1. The first-order valence-electron chi connectivity index (χ1n) is 12.9. The molecule has 2 heterocycles. The Labute approximate surface area is 248 Å². The molecule has 0 saturated carbocycles. The predicted octanol–water partition coefficient (Wildman–Crippen LogP) is 7.03. The number of anilines is 3. The van der Waals surface area contributed by atoms with E-state index in [0.29, 0.717) is 15.7 Å². The van der Waals surface area contributed by atoms with Crippen LogP contribution in [0.25, 0.3) is 0 Å². The summed E-state index contributed by atoms with van der Waals surface area (Å²) in [4.78, 5) is 17.4. The number of nitriles is 1. The summed E-state index contributed by atoms with van der Waals surface area (Å²) in [6.45, 7) is 4.60. The number of thiocarbonyl (C=S) groups is 1. The molecule has 0 radical (unpaired) electrons. The Morgan fingerprint density at radius 1 is 1.02 bits per heavy atom. The molecule has 0 fully saturated rings. The van der Waals surface area contributed by atoms with Crippen LogP contribution in [0.4, 0.5) is 16.4 Å². The van der Waals surface area contributed by atoms with Crippen LogP contribution in [0.1, 0.15) is 27.1 Å². The zero-order valence-electron chi connectivity index (χ0n) is 22.1. The van der Waals surface area contributed by atoms with Gasteiger partial charge >= 0.3 is 0 Å². The van der Waals surface area contributed by atoms with Gasteiger partial charge in [-0.05, 0) is 67.0 Å². The van der Waals surface area contributed by atoms with Gasteiger partial charge < -0.3 is 16.0 Å². The Bertz CT molecular complexity index is 1540. The topological polar surface area (TPSA) is 80.2 Å². The van der Waals surface area contributed by atoms with Crippen molar-refractivity contribution >= 4 is 62.7 Å². The average molecular weight is 584 g/mol. The van der Waals surface area contributed by atoms with E-state index in [1.807, 2.05) is 61.5 Å². The standard InChI is InChI=1S/C31H29N5OS3/c1-21-10-12-23(13-11-21)33-31(38)34-24-8-5-9-25(16-24)39-20-29(37)35-30-27(17-32)26-14-15-36(19-28(26)40-30)18-22-6-3-2-4-7-22/h2-13,16H,14-15,18-20H2,1H3,(H,35,37)(H2,33,34,38). The summed E-state index contributed by atoms with van der Waals surface area (Å²) >= 11 is 8.42. The molecule has 1 aliphatic rings. The highest BCUT2D eigenvalue weighted by molar-refractivity contribution is 8.00. The summed E-state index contributed by atoms with van der Waals surface area (Å²) in [5.74, 6) is 0.111. The monoisotopic (exact) mass is 583 g/mol. The van der Waals surface area contributed by atoms with Crippen molar-refractivity contribution in [1.29, 1.82) is 5.26 Å². The van der Waals surface area contributed by atoms with Gasteiger partial charge in [0.1, 0.15) is 11.1 Å². The lowest BCUT2D eigenvalue weighted by Gasteiger charge is -2.26. The number of nitrogens with one attached hydrogen (secondary N) is 3. The van der Waals surface area contributed by atoms with E-state index in [9.17, 15) is 10.1 Å². The molecule has 3 aromatic carbocycles. The highest BCUT2D eigenvalue weighted by atomic mass is 32.2. The fraction of sp³-hybridized carbons (Fsp3) is 0.194. The van der Waals surface area contributed by atoms with Gasteiger partial charge in [-0.1, -0.05) is 54.1 Å². The van der Waals surface area contributed by atoms with Crippen molar-refractivity contribution < 1.29 is 4.79 Å². The van der Waals surface area contributed by atoms with Gasteiger partial charge in [-0.2, -0.15) is 5.26 Å². The maximum atomic E-state index is 12.9. The van der Waals surface area contributed by atoms with Crippen LogP contribution >= 0.6 is 35.3 Å². The lowest BCUT2D eigenvalue weighted by molar-refractivity contribution is -0.113. The lowest BCUT2D eigenvalue weighted by atomic mass is 10.0. The molecule has 0 bridgehead atoms.